The lowest BCUT2D eigenvalue weighted by atomic mass is 9.47. The molecule has 0 aromatic rings. The summed E-state index contributed by atoms with van der Waals surface area (Å²) >= 11 is 0. The Labute approximate surface area is 312 Å². The molecule has 10 N–H and O–H groups in total. The van der Waals surface area contributed by atoms with Crippen molar-refractivity contribution in [3.8, 4) is 0 Å². The standard InChI is InChI=1S/C39H66O14/c1-18(15-40)5-8-25(43)19(2)29-26(44)14-24-22-7-6-20-13-21(9-11-38(20,3)23(22)10-12-39(24,29)4)50-37-35(33(48)31(46)28(17-42)52-37)53-36-34(49)32(47)30(45)27(16-41)51-36/h6,18-19,21-37,40-49H,5,7-17H2,1-4H3/t18-,19-,21+,22-,23+,24+,25+,26+,27-,28-,29+,30-,31-,32+,33+,34-,35-,36+,37-,38+,39+/m1/s1. The van der Waals surface area contributed by atoms with Crippen molar-refractivity contribution in [1.82, 2.24) is 0 Å². The van der Waals surface area contributed by atoms with E-state index in [1.807, 2.05) is 6.92 Å². The second-order valence-electron chi connectivity index (χ2n) is 17.9. The number of rotatable bonds is 12. The predicted octanol–water partition coefficient (Wildman–Crippen LogP) is -0.0489. The number of hydrogen-bond donors (Lipinski definition) is 10. The molecule has 0 amide bonds. The second-order valence-corrected chi connectivity index (χ2v) is 17.9. The van der Waals surface area contributed by atoms with Crippen LogP contribution < -0.4 is 0 Å². The van der Waals surface area contributed by atoms with Crippen molar-refractivity contribution in [2.75, 3.05) is 19.8 Å². The Morgan fingerprint density at radius 2 is 1.45 bits per heavy atom. The van der Waals surface area contributed by atoms with E-state index in [-0.39, 0.29) is 41.3 Å². The zero-order valence-corrected chi connectivity index (χ0v) is 31.6. The fourth-order valence-corrected chi connectivity index (χ4v) is 11.6. The van der Waals surface area contributed by atoms with Crippen molar-refractivity contribution < 1.29 is 70.0 Å². The third kappa shape index (κ3) is 7.65. The Morgan fingerprint density at radius 3 is 2.11 bits per heavy atom. The first-order valence-electron chi connectivity index (χ1n) is 20.0. The molecule has 306 valence electrons. The van der Waals surface area contributed by atoms with Crippen molar-refractivity contribution in [2.45, 2.75) is 165 Å². The second kappa shape index (κ2) is 16.6. The lowest BCUT2D eigenvalue weighted by molar-refractivity contribution is -0.372. The fraction of sp³-hybridized carbons (Fsp3) is 0.949. The zero-order valence-electron chi connectivity index (χ0n) is 31.6. The maximum atomic E-state index is 11.6. The van der Waals surface area contributed by atoms with Crippen LogP contribution in [0.1, 0.15) is 85.5 Å². The van der Waals surface area contributed by atoms with Gasteiger partial charge in [-0.1, -0.05) is 39.3 Å². The minimum absolute atomic E-state index is 0.000420. The minimum Gasteiger partial charge on any atom is -0.396 e. The fourth-order valence-electron chi connectivity index (χ4n) is 11.6. The molecule has 2 heterocycles. The van der Waals surface area contributed by atoms with Crippen molar-refractivity contribution in [3.05, 3.63) is 11.6 Å². The van der Waals surface area contributed by atoms with Gasteiger partial charge in [-0.2, -0.15) is 0 Å². The first kappa shape index (κ1) is 41.8. The highest BCUT2D eigenvalue weighted by Crippen LogP contribution is 2.67. The van der Waals surface area contributed by atoms with E-state index in [1.165, 1.54) is 5.57 Å². The van der Waals surface area contributed by atoms with Gasteiger partial charge in [0, 0.05) is 6.61 Å². The molecule has 21 atom stereocenters. The molecule has 14 nitrogen and oxygen atoms in total. The van der Waals surface area contributed by atoms with Crippen molar-refractivity contribution >= 4 is 0 Å². The summed E-state index contributed by atoms with van der Waals surface area (Å²) in [5.41, 5.74) is 1.12. The van der Waals surface area contributed by atoms with Gasteiger partial charge in [-0.05, 0) is 104 Å². The number of ether oxygens (including phenoxy) is 4. The monoisotopic (exact) mass is 758 g/mol. The Morgan fingerprint density at radius 1 is 0.792 bits per heavy atom. The molecule has 0 spiro atoms. The summed E-state index contributed by atoms with van der Waals surface area (Å²) in [6.45, 7) is 7.57. The van der Waals surface area contributed by atoms with Gasteiger partial charge >= 0.3 is 0 Å². The van der Waals surface area contributed by atoms with Crippen molar-refractivity contribution in [3.63, 3.8) is 0 Å². The Bertz CT molecular complexity index is 1250. The van der Waals surface area contributed by atoms with Crippen LogP contribution in [0.4, 0.5) is 0 Å². The first-order chi connectivity index (χ1) is 25.1. The van der Waals surface area contributed by atoms with E-state index in [0.717, 1.165) is 38.5 Å². The highest BCUT2D eigenvalue weighted by molar-refractivity contribution is 5.26. The first-order valence-corrected chi connectivity index (χ1v) is 20.0. The molecule has 53 heavy (non-hydrogen) atoms. The molecule has 0 radical (unpaired) electrons. The van der Waals surface area contributed by atoms with E-state index < -0.39 is 86.8 Å². The molecule has 0 aromatic carbocycles. The summed E-state index contributed by atoms with van der Waals surface area (Å²) in [6, 6.07) is 0. The summed E-state index contributed by atoms with van der Waals surface area (Å²) in [7, 11) is 0. The van der Waals surface area contributed by atoms with E-state index >= 15 is 0 Å². The normalized spacial score (nSPS) is 50.3. The van der Waals surface area contributed by atoms with Gasteiger partial charge in [-0.25, -0.2) is 0 Å². The molecular formula is C39H66O14. The smallest absolute Gasteiger partial charge is 0.187 e. The van der Waals surface area contributed by atoms with Gasteiger partial charge < -0.3 is 70.0 Å². The summed E-state index contributed by atoms with van der Waals surface area (Å²) in [5.74, 6) is 1.23. The van der Waals surface area contributed by atoms with Crippen molar-refractivity contribution in [2.24, 2.45) is 46.3 Å². The summed E-state index contributed by atoms with van der Waals surface area (Å²) in [4.78, 5) is 0. The summed E-state index contributed by atoms with van der Waals surface area (Å²) in [6.07, 6.45) is -6.95. The van der Waals surface area contributed by atoms with Crippen LogP contribution in [0.2, 0.25) is 0 Å². The van der Waals surface area contributed by atoms with Gasteiger partial charge in [0.15, 0.2) is 12.6 Å². The van der Waals surface area contributed by atoms with Crippen LogP contribution in [0.25, 0.3) is 0 Å². The molecule has 4 aliphatic carbocycles. The van der Waals surface area contributed by atoms with Gasteiger partial charge in [0.25, 0.3) is 0 Å². The lowest BCUT2D eigenvalue weighted by Gasteiger charge is -2.58. The molecule has 6 aliphatic rings. The van der Waals surface area contributed by atoms with Crippen LogP contribution in [0.5, 0.6) is 0 Å². The molecule has 2 saturated heterocycles. The van der Waals surface area contributed by atoms with Crippen LogP contribution in [-0.4, -0.2) is 151 Å². The third-order valence-electron chi connectivity index (χ3n) is 14.9. The number of fused-ring (bicyclic) bond motifs is 5. The highest BCUT2D eigenvalue weighted by Gasteiger charge is 2.62. The zero-order chi connectivity index (χ0) is 38.6. The molecule has 6 rings (SSSR count). The molecule has 5 fully saturated rings. The van der Waals surface area contributed by atoms with Crippen molar-refractivity contribution in [1.29, 1.82) is 0 Å². The van der Waals surface area contributed by atoms with Crippen LogP contribution >= 0.6 is 0 Å². The lowest BCUT2D eigenvalue weighted by Crippen LogP contribution is -2.65. The van der Waals surface area contributed by atoms with Crippen LogP contribution in [0, 0.1) is 46.3 Å². The molecule has 0 aromatic heterocycles. The number of hydrogen-bond acceptors (Lipinski definition) is 14. The average Bonchev–Trinajstić information content (AvgIpc) is 3.42. The van der Waals surface area contributed by atoms with Gasteiger partial charge in [0.1, 0.15) is 48.8 Å². The molecule has 0 unspecified atom stereocenters. The third-order valence-corrected chi connectivity index (χ3v) is 14.9. The Balaban J connectivity index is 1.15. The molecule has 3 saturated carbocycles. The minimum atomic E-state index is -1.74. The largest absolute Gasteiger partial charge is 0.396 e. The topological polar surface area (TPSA) is 239 Å². The van der Waals surface area contributed by atoms with Crippen LogP contribution in [0.15, 0.2) is 11.6 Å². The summed E-state index contributed by atoms with van der Waals surface area (Å²) < 4.78 is 23.8. The van der Waals surface area contributed by atoms with E-state index in [9.17, 15) is 51.1 Å². The summed E-state index contributed by atoms with van der Waals surface area (Å²) in [5, 5.41) is 105. The maximum Gasteiger partial charge on any atom is 0.187 e. The van der Waals surface area contributed by atoms with Crippen LogP contribution in [0.3, 0.4) is 0 Å². The maximum absolute atomic E-state index is 11.6. The van der Waals surface area contributed by atoms with Gasteiger partial charge in [0.2, 0.25) is 0 Å². The van der Waals surface area contributed by atoms with Gasteiger partial charge in [-0.3, -0.25) is 0 Å². The Kier molecular flexibility index (Phi) is 13.1. The quantitative estimate of drug-likeness (QED) is 0.118. The molecular weight excluding hydrogens is 692 g/mol. The number of allylic oxidation sites excluding steroid dienone is 1. The van der Waals surface area contributed by atoms with Crippen LogP contribution in [-0.2, 0) is 18.9 Å². The molecule has 2 aliphatic heterocycles. The molecule has 14 heteroatoms. The van der Waals surface area contributed by atoms with E-state index in [0.29, 0.717) is 37.0 Å². The number of aliphatic hydroxyl groups is 10. The van der Waals surface area contributed by atoms with Gasteiger partial charge in [0.05, 0.1) is 31.5 Å². The van der Waals surface area contributed by atoms with E-state index in [2.05, 4.69) is 26.8 Å². The highest BCUT2D eigenvalue weighted by atomic mass is 16.8. The number of aliphatic hydroxyl groups excluding tert-OH is 10. The molecule has 0 bridgehead atoms. The van der Waals surface area contributed by atoms with E-state index in [1.54, 1.807) is 0 Å². The predicted molar refractivity (Wildman–Crippen MR) is 189 cm³/mol. The average molecular weight is 759 g/mol. The SMILES string of the molecule is C[C@@H](CO)CC[C@H](O)[C@@H](C)[C@H]1[C@@H](O)C[C@H]2[C@@H]3CC=C4C[C@@H](O[C@@H]5O[C@H](CO)[C@@H](O)[C@H](O)[C@H]5O[C@@H]5O[C@H](CO)[C@@H](O)[C@H](O)[C@H]5O)CC[C@]4(C)[C@H]3CC[C@]12C. The Hall–Kier alpha value is -0.820. The van der Waals surface area contributed by atoms with E-state index in [4.69, 9.17) is 18.9 Å². The van der Waals surface area contributed by atoms with Gasteiger partial charge in [-0.15, -0.1) is 0 Å².